The van der Waals surface area contributed by atoms with Crippen molar-refractivity contribution in [3.63, 3.8) is 0 Å². The van der Waals surface area contributed by atoms with Crippen LogP contribution in [0, 0.1) is 0 Å². The van der Waals surface area contributed by atoms with Crippen LogP contribution in [0.15, 0.2) is 48.5 Å². The van der Waals surface area contributed by atoms with Gasteiger partial charge in [0, 0.05) is 25.3 Å². The fraction of sp³-hybridized carbons (Fsp3) is 0.435. The summed E-state index contributed by atoms with van der Waals surface area (Å²) in [6, 6.07) is 13.9. The number of aryl methyl sites for hydroxylation is 1. The first-order valence-corrected chi connectivity index (χ1v) is 10.1. The van der Waals surface area contributed by atoms with E-state index < -0.39 is 18.5 Å². The molecule has 1 fully saturated rings. The molecule has 3 N–H and O–H groups in total. The summed E-state index contributed by atoms with van der Waals surface area (Å²) in [6.07, 6.45) is 0.423. The van der Waals surface area contributed by atoms with E-state index >= 15 is 0 Å². The van der Waals surface area contributed by atoms with Crippen LogP contribution in [0.5, 0.6) is 17.2 Å². The van der Waals surface area contributed by atoms with Crippen molar-refractivity contribution >= 4 is 5.78 Å². The van der Waals surface area contributed by atoms with Gasteiger partial charge in [0.1, 0.15) is 24.2 Å². The molecule has 0 radical (unpaired) electrons. The third kappa shape index (κ3) is 7.02. The monoisotopic (exact) mass is 416 g/mol. The Bertz CT molecular complexity index is 808. The Morgan fingerprint density at radius 1 is 1.13 bits per heavy atom. The van der Waals surface area contributed by atoms with Gasteiger partial charge in [0.25, 0.3) is 0 Å². The van der Waals surface area contributed by atoms with Crippen molar-refractivity contribution in [3.8, 4) is 17.2 Å². The number of aromatic hydroxyl groups is 2. The van der Waals surface area contributed by atoms with Crippen LogP contribution in [0.4, 0.5) is 0 Å². The van der Waals surface area contributed by atoms with Crippen LogP contribution in [-0.2, 0) is 20.7 Å². The van der Waals surface area contributed by atoms with Crippen LogP contribution in [-0.4, -0.2) is 52.8 Å². The molecule has 0 aromatic heterocycles. The SMILES string of the molecule is O=C(CCc1ccccc1)CC(COc1ccc(O)c(O)c1)OC1CC(O)CCO1. The van der Waals surface area contributed by atoms with Crippen molar-refractivity contribution in [3.05, 3.63) is 54.1 Å². The normalized spacial score (nSPS) is 19.9. The van der Waals surface area contributed by atoms with Gasteiger partial charge in [-0.2, -0.15) is 0 Å². The molecule has 2 aromatic carbocycles. The summed E-state index contributed by atoms with van der Waals surface area (Å²) in [7, 11) is 0. The Labute approximate surface area is 175 Å². The fourth-order valence-electron chi connectivity index (χ4n) is 3.27. The van der Waals surface area contributed by atoms with E-state index in [2.05, 4.69) is 0 Å². The van der Waals surface area contributed by atoms with Crippen LogP contribution in [0.3, 0.4) is 0 Å². The van der Waals surface area contributed by atoms with E-state index in [1.807, 2.05) is 30.3 Å². The summed E-state index contributed by atoms with van der Waals surface area (Å²) in [5.41, 5.74) is 1.10. The molecule has 3 unspecified atom stereocenters. The first-order chi connectivity index (χ1) is 14.5. The lowest BCUT2D eigenvalue weighted by Crippen LogP contribution is -2.36. The van der Waals surface area contributed by atoms with Gasteiger partial charge in [-0.05, 0) is 30.5 Å². The van der Waals surface area contributed by atoms with Gasteiger partial charge in [-0.1, -0.05) is 30.3 Å². The van der Waals surface area contributed by atoms with Gasteiger partial charge in [0.15, 0.2) is 17.8 Å². The molecule has 7 heteroatoms. The smallest absolute Gasteiger partial charge is 0.161 e. The molecule has 0 amide bonds. The maximum absolute atomic E-state index is 12.5. The summed E-state index contributed by atoms with van der Waals surface area (Å²) < 4.78 is 17.1. The van der Waals surface area contributed by atoms with Crippen molar-refractivity contribution in [2.75, 3.05) is 13.2 Å². The number of aliphatic hydroxyl groups is 1. The fourth-order valence-corrected chi connectivity index (χ4v) is 3.27. The Kier molecular flexibility index (Phi) is 8.07. The molecule has 0 spiro atoms. The van der Waals surface area contributed by atoms with Gasteiger partial charge in [0.05, 0.1) is 12.7 Å². The number of hydrogen-bond acceptors (Lipinski definition) is 7. The summed E-state index contributed by atoms with van der Waals surface area (Å²) in [6.45, 7) is 0.463. The third-order valence-electron chi connectivity index (χ3n) is 4.94. The predicted octanol–water partition coefficient (Wildman–Crippen LogP) is 2.95. The molecule has 1 aliphatic rings. The molecular formula is C23H28O7. The van der Waals surface area contributed by atoms with Gasteiger partial charge >= 0.3 is 0 Å². The highest BCUT2D eigenvalue weighted by atomic mass is 16.7. The quantitative estimate of drug-likeness (QED) is 0.511. The number of Topliss-reactive ketones (excluding diaryl/α,β-unsaturated/α-hetero) is 1. The van der Waals surface area contributed by atoms with Crippen LogP contribution in [0.1, 0.15) is 31.2 Å². The molecule has 2 aromatic rings. The van der Waals surface area contributed by atoms with Gasteiger partial charge < -0.3 is 29.5 Å². The standard InChI is InChI=1S/C23H28O7/c24-17(7-6-16-4-2-1-3-5-16)12-20(30-23-13-18(25)10-11-28-23)15-29-19-8-9-21(26)22(27)14-19/h1-5,8-9,14,18,20,23,25-27H,6-7,10-13,15H2. The highest BCUT2D eigenvalue weighted by Crippen LogP contribution is 2.29. The van der Waals surface area contributed by atoms with Gasteiger partial charge in [-0.25, -0.2) is 0 Å². The van der Waals surface area contributed by atoms with Crippen LogP contribution < -0.4 is 4.74 Å². The molecule has 30 heavy (non-hydrogen) atoms. The highest BCUT2D eigenvalue weighted by Gasteiger charge is 2.26. The molecule has 1 aliphatic heterocycles. The van der Waals surface area contributed by atoms with Crippen LogP contribution in [0.25, 0.3) is 0 Å². The molecule has 1 heterocycles. The number of ketones is 1. The lowest BCUT2D eigenvalue weighted by Gasteiger charge is -2.30. The zero-order valence-electron chi connectivity index (χ0n) is 16.8. The van der Waals surface area contributed by atoms with E-state index in [1.165, 1.54) is 18.2 Å². The number of rotatable bonds is 10. The highest BCUT2D eigenvalue weighted by molar-refractivity contribution is 5.79. The molecular weight excluding hydrogens is 388 g/mol. The van der Waals surface area contributed by atoms with E-state index in [-0.39, 0.29) is 30.3 Å². The van der Waals surface area contributed by atoms with Crippen molar-refractivity contribution in [2.24, 2.45) is 0 Å². The van der Waals surface area contributed by atoms with E-state index in [4.69, 9.17) is 14.2 Å². The number of phenolic OH excluding ortho intramolecular Hbond substituents is 2. The Balaban J connectivity index is 1.57. The topological polar surface area (TPSA) is 105 Å². The summed E-state index contributed by atoms with van der Waals surface area (Å²) in [5, 5.41) is 28.9. The van der Waals surface area contributed by atoms with E-state index in [9.17, 15) is 20.1 Å². The van der Waals surface area contributed by atoms with Gasteiger partial charge in [0.2, 0.25) is 0 Å². The average Bonchev–Trinajstić information content (AvgIpc) is 2.74. The summed E-state index contributed by atoms with van der Waals surface area (Å²) >= 11 is 0. The van der Waals surface area contributed by atoms with Crippen molar-refractivity contribution < 1.29 is 34.3 Å². The minimum Gasteiger partial charge on any atom is -0.504 e. The molecule has 0 saturated carbocycles. The van der Waals surface area contributed by atoms with Crippen molar-refractivity contribution in [1.82, 2.24) is 0 Å². The van der Waals surface area contributed by atoms with E-state index in [1.54, 1.807) is 0 Å². The van der Waals surface area contributed by atoms with E-state index in [0.717, 1.165) is 5.56 Å². The molecule has 3 atom stereocenters. The largest absolute Gasteiger partial charge is 0.504 e. The number of aliphatic hydroxyl groups excluding tert-OH is 1. The van der Waals surface area contributed by atoms with Crippen molar-refractivity contribution in [1.29, 1.82) is 0 Å². The zero-order chi connectivity index (χ0) is 21.3. The molecule has 1 saturated heterocycles. The first-order valence-electron chi connectivity index (χ1n) is 10.1. The van der Waals surface area contributed by atoms with Gasteiger partial charge in [-0.3, -0.25) is 4.79 Å². The molecule has 7 nitrogen and oxygen atoms in total. The zero-order valence-corrected chi connectivity index (χ0v) is 16.8. The molecule has 0 aliphatic carbocycles. The minimum atomic E-state index is -0.600. The number of carbonyl (C=O) groups excluding carboxylic acids is 1. The van der Waals surface area contributed by atoms with E-state index in [0.29, 0.717) is 38.0 Å². The average molecular weight is 416 g/mol. The van der Waals surface area contributed by atoms with Crippen LogP contribution in [0.2, 0.25) is 0 Å². The van der Waals surface area contributed by atoms with Gasteiger partial charge in [-0.15, -0.1) is 0 Å². The Morgan fingerprint density at radius 3 is 2.67 bits per heavy atom. The number of benzene rings is 2. The second-order valence-corrected chi connectivity index (χ2v) is 7.43. The Hall–Kier alpha value is -2.61. The third-order valence-corrected chi connectivity index (χ3v) is 4.94. The predicted molar refractivity (Wildman–Crippen MR) is 110 cm³/mol. The Morgan fingerprint density at radius 2 is 1.93 bits per heavy atom. The van der Waals surface area contributed by atoms with Crippen LogP contribution >= 0.6 is 0 Å². The summed E-state index contributed by atoms with van der Waals surface area (Å²) in [4.78, 5) is 12.5. The number of phenols is 2. The number of hydrogen-bond donors (Lipinski definition) is 3. The lowest BCUT2D eigenvalue weighted by atomic mass is 10.0. The molecule has 0 bridgehead atoms. The molecule has 3 rings (SSSR count). The number of ether oxygens (including phenoxy) is 3. The second kappa shape index (κ2) is 11.0. The second-order valence-electron chi connectivity index (χ2n) is 7.43. The maximum atomic E-state index is 12.5. The summed E-state index contributed by atoms with van der Waals surface area (Å²) in [5.74, 6) is -0.143. The first kappa shape index (κ1) is 22.1. The maximum Gasteiger partial charge on any atom is 0.161 e. The van der Waals surface area contributed by atoms with Crippen molar-refractivity contribution in [2.45, 2.75) is 50.6 Å². The number of carbonyl (C=O) groups is 1. The minimum absolute atomic E-state index is 0.0392. The lowest BCUT2D eigenvalue weighted by molar-refractivity contribution is -0.211. The molecule has 162 valence electrons.